The first-order valence-electron chi connectivity index (χ1n) is 10.3. The summed E-state index contributed by atoms with van der Waals surface area (Å²) in [5.41, 5.74) is 2.77. The number of aromatic nitrogens is 7. The molecule has 11 nitrogen and oxygen atoms in total. The molecule has 1 aromatic carbocycles. The summed E-state index contributed by atoms with van der Waals surface area (Å²) in [6.45, 7) is 4.52. The van der Waals surface area contributed by atoms with Crippen molar-refractivity contribution in [2.75, 3.05) is 5.32 Å². The van der Waals surface area contributed by atoms with Gasteiger partial charge >= 0.3 is 0 Å². The van der Waals surface area contributed by atoms with Crippen LogP contribution in [0.25, 0.3) is 11.1 Å². The van der Waals surface area contributed by atoms with Crippen molar-refractivity contribution in [3.63, 3.8) is 0 Å². The van der Waals surface area contributed by atoms with E-state index in [1.807, 2.05) is 19.1 Å². The zero-order valence-corrected chi connectivity index (χ0v) is 18.2. The average molecular weight is 445 g/mol. The van der Waals surface area contributed by atoms with Crippen molar-refractivity contribution >= 4 is 11.6 Å². The molecule has 0 aliphatic carbocycles. The number of hydrogen-bond acceptors (Lipinski definition) is 9. The Morgan fingerprint density at radius 3 is 2.61 bits per heavy atom. The molecular weight excluding hydrogens is 422 g/mol. The van der Waals surface area contributed by atoms with Gasteiger partial charge in [0.05, 0.1) is 36.6 Å². The molecule has 0 bridgehead atoms. The lowest BCUT2D eigenvalue weighted by Crippen LogP contribution is -2.20. The van der Waals surface area contributed by atoms with Crippen LogP contribution in [0.2, 0.25) is 0 Å². The van der Waals surface area contributed by atoms with Crippen molar-refractivity contribution in [1.82, 2.24) is 34.5 Å². The van der Waals surface area contributed by atoms with Crippen LogP contribution < -0.4 is 10.1 Å². The van der Waals surface area contributed by atoms with Gasteiger partial charge < -0.3 is 15.2 Å². The molecule has 33 heavy (non-hydrogen) atoms. The minimum atomic E-state index is -0.486. The fourth-order valence-electron chi connectivity index (χ4n) is 3.21. The Morgan fingerprint density at radius 2 is 1.91 bits per heavy atom. The van der Waals surface area contributed by atoms with E-state index in [0.717, 1.165) is 16.8 Å². The van der Waals surface area contributed by atoms with Crippen molar-refractivity contribution < 1.29 is 9.84 Å². The number of rotatable bonds is 9. The fourth-order valence-corrected chi connectivity index (χ4v) is 3.21. The van der Waals surface area contributed by atoms with Gasteiger partial charge in [0.25, 0.3) is 0 Å². The first kappa shape index (κ1) is 21.9. The molecule has 0 radical (unpaired) electrons. The summed E-state index contributed by atoms with van der Waals surface area (Å²) < 4.78 is 9.33. The second kappa shape index (κ2) is 9.88. The van der Waals surface area contributed by atoms with Crippen molar-refractivity contribution in [2.45, 2.75) is 39.1 Å². The van der Waals surface area contributed by atoms with E-state index >= 15 is 0 Å². The number of anilines is 2. The van der Waals surface area contributed by atoms with Crippen LogP contribution in [0, 0.1) is 11.3 Å². The van der Waals surface area contributed by atoms with Gasteiger partial charge in [0.2, 0.25) is 5.95 Å². The van der Waals surface area contributed by atoms with E-state index in [4.69, 9.17) is 4.74 Å². The lowest BCUT2D eigenvalue weighted by atomic mass is 10.1. The highest BCUT2D eigenvalue weighted by Gasteiger charge is 2.12. The molecule has 3 aromatic heterocycles. The van der Waals surface area contributed by atoms with Crippen LogP contribution >= 0.6 is 0 Å². The lowest BCUT2D eigenvalue weighted by Gasteiger charge is -2.16. The molecule has 2 unspecified atom stereocenters. The second-order valence-corrected chi connectivity index (χ2v) is 7.59. The molecule has 0 fully saturated rings. The number of nitrogens with zero attached hydrogens (tertiary/aromatic N) is 8. The summed E-state index contributed by atoms with van der Waals surface area (Å²) in [4.78, 5) is 12.7. The molecule has 3 heterocycles. The third-order valence-electron chi connectivity index (χ3n) is 4.67. The van der Waals surface area contributed by atoms with Gasteiger partial charge in [0.15, 0.2) is 0 Å². The largest absolute Gasteiger partial charge is 0.487 e. The second-order valence-electron chi connectivity index (χ2n) is 7.59. The third kappa shape index (κ3) is 5.69. The summed E-state index contributed by atoms with van der Waals surface area (Å²) >= 11 is 0. The molecule has 11 heteroatoms. The predicted molar refractivity (Wildman–Crippen MR) is 119 cm³/mol. The fraction of sp³-hybridized carbons (Fsp3) is 0.273. The van der Waals surface area contributed by atoms with Gasteiger partial charge in [-0.25, -0.2) is 19.6 Å². The van der Waals surface area contributed by atoms with Gasteiger partial charge in [0.1, 0.15) is 30.6 Å². The SMILES string of the molecule is CC(O)Cn1cc(Nc2ncc(-c3ccc(C#N)c(OC(C)Cn4cncn4)c3)cn2)cn1. The van der Waals surface area contributed by atoms with E-state index in [-0.39, 0.29) is 6.10 Å². The number of nitriles is 1. The molecule has 0 saturated carbocycles. The lowest BCUT2D eigenvalue weighted by molar-refractivity contribution is 0.168. The summed E-state index contributed by atoms with van der Waals surface area (Å²) in [5, 5.41) is 30.3. The van der Waals surface area contributed by atoms with E-state index in [1.165, 1.54) is 6.33 Å². The maximum atomic E-state index is 9.46. The first-order chi connectivity index (χ1) is 16.0. The topological polar surface area (TPSA) is 140 Å². The number of aliphatic hydroxyl groups is 1. The molecule has 0 saturated heterocycles. The van der Waals surface area contributed by atoms with Crippen LogP contribution in [0.1, 0.15) is 19.4 Å². The highest BCUT2D eigenvalue weighted by Crippen LogP contribution is 2.28. The molecule has 4 rings (SSSR count). The number of benzene rings is 1. The maximum absolute atomic E-state index is 9.46. The normalized spacial score (nSPS) is 12.7. The molecule has 0 aliphatic heterocycles. The highest BCUT2D eigenvalue weighted by atomic mass is 16.5. The standard InChI is InChI=1S/C22H23N9O2/c1-15(32)10-30-12-20(9-27-30)29-22-25-7-19(8-26-22)17-3-4-18(6-23)21(5-17)33-16(2)11-31-14-24-13-28-31/h3-5,7-9,12-16,32H,10-11H2,1-2H3,(H,25,26,29). The van der Waals surface area contributed by atoms with E-state index in [0.29, 0.717) is 30.4 Å². The molecule has 4 aromatic rings. The zero-order valence-electron chi connectivity index (χ0n) is 18.2. The van der Waals surface area contributed by atoms with Gasteiger partial charge in [-0.15, -0.1) is 0 Å². The van der Waals surface area contributed by atoms with Gasteiger partial charge in [0, 0.05) is 24.2 Å². The quantitative estimate of drug-likeness (QED) is 0.397. The van der Waals surface area contributed by atoms with Crippen LogP contribution in [-0.4, -0.2) is 51.8 Å². The molecule has 168 valence electrons. The van der Waals surface area contributed by atoms with Crippen molar-refractivity contribution in [1.29, 1.82) is 5.26 Å². The molecular formula is C22H23N9O2. The first-order valence-corrected chi connectivity index (χ1v) is 10.3. The zero-order chi connectivity index (χ0) is 23.2. The van der Waals surface area contributed by atoms with Crippen molar-refractivity contribution in [3.05, 3.63) is 61.2 Å². The molecule has 0 amide bonds. The molecule has 0 spiro atoms. The highest BCUT2D eigenvalue weighted by molar-refractivity contribution is 5.66. The van der Waals surface area contributed by atoms with Gasteiger partial charge in [-0.2, -0.15) is 15.5 Å². The molecule has 2 N–H and O–H groups in total. The third-order valence-corrected chi connectivity index (χ3v) is 4.67. The molecule has 2 atom stereocenters. The number of aliphatic hydroxyl groups excluding tert-OH is 1. The van der Waals surface area contributed by atoms with Crippen LogP contribution in [0.3, 0.4) is 0 Å². The summed E-state index contributed by atoms with van der Waals surface area (Å²) in [5.74, 6) is 0.900. The van der Waals surface area contributed by atoms with E-state index in [1.54, 1.807) is 53.5 Å². The van der Waals surface area contributed by atoms with Crippen LogP contribution in [-0.2, 0) is 13.1 Å². The van der Waals surface area contributed by atoms with E-state index in [9.17, 15) is 10.4 Å². The van der Waals surface area contributed by atoms with Crippen molar-refractivity contribution in [2.24, 2.45) is 0 Å². The number of ether oxygens (including phenoxy) is 1. The number of nitrogens with one attached hydrogen (secondary N) is 1. The number of hydrogen-bond donors (Lipinski definition) is 2. The van der Waals surface area contributed by atoms with Crippen LogP contribution in [0.4, 0.5) is 11.6 Å². The Labute approximate surface area is 190 Å². The molecule has 0 aliphatic rings. The minimum Gasteiger partial charge on any atom is -0.487 e. The minimum absolute atomic E-state index is 0.216. The van der Waals surface area contributed by atoms with Crippen LogP contribution in [0.5, 0.6) is 5.75 Å². The van der Waals surface area contributed by atoms with Gasteiger partial charge in [-0.3, -0.25) is 4.68 Å². The average Bonchev–Trinajstić information content (AvgIpc) is 3.46. The summed E-state index contributed by atoms with van der Waals surface area (Å²) in [6.07, 6.45) is 9.19. The van der Waals surface area contributed by atoms with Crippen LogP contribution in [0.15, 0.2) is 55.6 Å². The Morgan fingerprint density at radius 1 is 1.09 bits per heavy atom. The Balaban J connectivity index is 1.46. The van der Waals surface area contributed by atoms with Crippen molar-refractivity contribution in [3.8, 4) is 22.9 Å². The summed E-state index contributed by atoms with van der Waals surface area (Å²) in [6, 6.07) is 7.52. The van der Waals surface area contributed by atoms with E-state index < -0.39 is 6.10 Å². The Bertz CT molecular complexity index is 1230. The maximum Gasteiger partial charge on any atom is 0.227 e. The smallest absolute Gasteiger partial charge is 0.227 e. The summed E-state index contributed by atoms with van der Waals surface area (Å²) in [7, 11) is 0. The predicted octanol–water partition coefficient (Wildman–Crippen LogP) is 2.40. The van der Waals surface area contributed by atoms with E-state index in [2.05, 4.69) is 36.5 Å². The van der Waals surface area contributed by atoms with Gasteiger partial charge in [-0.1, -0.05) is 6.07 Å². The van der Waals surface area contributed by atoms with Gasteiger partial charge in [-0.05, 0) is 31.5 Å². The monoisotopic (exact) mass is 445 g/mol. The Kier molecular flexibility index (Phi) is 6.56. The Hall–Kier alpha value is -4.30.